The minimum Gasteiger partial charge on any atom is -0.394 e. The number of morpholine rings is 1. The number of hydrogen-bond donors (Lipinski definition) is 1. The van der Waals surface area contributed by atoms with E-state index >= 15 is 0 Å². The van der Waals surface area contributed by atoms with Crippen molar-refractivity contribution in [2.24, 2.45) is 0 Å². The molecule has 1 aliphatic heterocycles. The molecule has 0 spiro atoms. The zero-order chi connectivity index (χ0) is 14.8. The van der Waals surface area contributed by atoms with E-state index in [2.05, 4.69) is 9.97 Å². The second kappa shape index (κ2) is 5.75. The van der Waals surface area contributed by atoms with Gasteiger partial charge in [-0.2, -0.15) is 0 Å². The average molecular weight is 287 g/mol. The maximum absolute atomic E-state index is 12.6. The van der Waals surface area contributed by atoms with Crippen LogP contribution >= 0.6 is 0 Å². The van der Waals surface area contributed by atoms with Crippen LogP contribution in [0, 0.1) is 0 Å². The van der Waals surface area contributed by atoms with Gasteiger partial charge < -0.3 is 14.7 Å². The number of amides is 1. The summed E-state index contributed by atoms with van der Waals surface area (Å²) >= 11 is 0. The fraction of sp³-hybridized carbons (Fsp3) is 0.400. The second-order valence-corrected chi connectivity index (χ2v) is 5.22. The Labute approximate surface area is 122 Å². The van der Waals surface area contributed by atoms with E-state index in [1.165, 1.54) is 0 Å². The number of benzene rings is 1. The smallest absolute Gasteiger partial charge is 0.254 e. The Morgan fingerprint density at radius 1 is 1.33 bits per heavy atom. The van der Waals surface area contributed by atoms with E-state index in [1.54, 1.807) is 35.5 Å². The van der Waals surface area contributed by atoms with Gasteiger partial charge in [0.1, 0.15) is 0 Å². The molecule has 21 heavy (non-hydrogen) atoms. The lowest BCUT2D eigenvalue weighted by Crippen LogP contribution is -2.50. The lowest BCUT2D eigenvalue weighted by molar-refractivity contribution is -0.0858. The normalized spacial score (nSPS) is 22.5. The van der Waals surface area contributed by atoms with Gasteiger partial charge in [0.15, 0.2) is 0 Å². The summed E-state index contributed by atoms with van der Waals surface area (Å²) in [7, 11) is 0. The Morgan fingerprint density at radius 3 is 2.86 bits per heavy atom. The zero-order valence-corrected chi connectivity index (χ0v) is 11.8. The summed E-state index contributed by atoms with van der Waals surface area (Å²) in [5.74, 6) is -0.0730. The molecule has 1 amide bonds. The molecule has 110 valence electrons. The highest BCUT2D eigenvalue weighted by atomic mass is 16.5. The van der Waals surface area contributed by atoms with Gasteiger partial charge in [-0.1, -0.05) is 0 Å². The molecular formula is C15H17N3O3. The van der Waals surface area contributed by atoms with Crippen molar-refractivity contribution in [3.63, 3.8) is 0 Å². The van der Waals surface area contributed by atoms with Gasteiger partial charge in [0.05, 0.1) is 29.8 Å². The number of nitrogens with zero attached hydrogens (tertiary/aromatic N) is 3. The third kappa shape index (κ3) is 2.86. The molecule has 0 bridgehead atoms. The van der Waals surface area contributed by atoms with Gasteiger partial charge in [0, 0.05) is 31.0 Å². The molecular weight excluding hydrogens is 270 g/mol. The van der Waals surface area contributed by atoms with Gasteiger partial charge in [-0.3, -0.25) is 14.8 Å². The molecule has 0 radical (unpaired) electrons. The van der Waals surface area contributed by atoms with Gasteiger partial charge in [0.25, 0.3) is 5.91 Å². The summed E-state index contributed by atoms with van der Waals surface area (Å²) in [4.78, 5) is 22.7. The molecule has 0 saturated carbocycles. The largest absolute Gasteiger partial charge is 0.394 e. The Morgan fingerprint density at radius 2 is 2.10 bits per heavy atom. The number of aromatic nitrogens is 2. The fourth-order valence-electron chi connectivity index (χ4n) is 2.59. The van der Waals surface area contributed by atoms with Crippen LogP contribution in [-0.2, 0) is 4.74 Å². The second-order valence-electron chi connectivity index (χ2n) is 5.22. The molecule has 2 atom stereocenters. The third-order valence-corrected chi connectivity index (χ3v) is 3.53. The van der Waals surface area contributed by atoms with Crippen LogP contribution in [0.4, 0.5) is 0 Å². The Kier molecular flexibility index (Phi) is 3.81. The van der Waals surface area contributed by atoms with Crippen molar-refractivity contribution in [1.82, 2.24) is 14.9 Å². The SMILES string of the molecule is CC1CN(C(=O)c2ccc3nccnc3c2)CC(CO)O1. The van der Waals surface area contributed by atoms with Crippen LogP contribution in [0.15, 0.2) is 30.6 Å². The van der Waals surface area contributed by atoms with E-state index in [4.69, 9.17) is 4.74 Å². The highest BCUT2D eigenvalue weighted by Gasteiger charge is 2.28. The highest BCUT2D eigenvalue weighted by molar-refractivity contribution is 5.97. The molecule has 3 rings (SSSR count). The summed E-state index contributed by atoms with van der Waals surface area (Å²) in [6.45, 7) is 2.73. The summed E-state index contributed by atoms with van der Waals surface area (Å²) in [5.41, 5.74) is 2.04. The molecule has 1 fully saturated rings. The molecule has 1 saturated heterocycles. The van der Waals surface area contributed by atoms with Crippen LogP contribution in [0.2, 0.25) is 0 Å². The maximum atomic E-state index is 12.6. The van der Waals surface area contributed by atoms with Crippen molar-refractivity contribution < 1.29 is 14.6 Å². The van der Waals surface area contributed by atoms with Crippen LogP contribution in [0.5, 0.6) is 0 Å². The predicted molar refractivity (Wildman–Crippen MR) is 76.9 cm³/mol. The van der Waals surface area contributed by atoms with Gasteiger partial charge in [0.2, 0.25) is 0 Å². The topological polar surface area (TPSA) is 75.6 Å². The molecule has 2 aromatic rings. The molecule has 2 heterocycles. The molecule has 0 aliphatic carbocycles. The summed E-state index contributed by atoms with van der Waals surface area (Å²) in [6.07, 6.45) is 2.83. The lowest BCUT2D eigenvalue weighted by Gasteiger charge is -2.36. The van der Waals surface area contributed by atoms with E-state index < -0.39 is 0 Å². The van der Waals surface area contributed by atoms with Crippen LogP contribution in [0.1, 0.15) is 17.3 Å². The van der Waals surface area contributed by atoms with Gasteiger partial charge >= 0.3 is 0 Å². The first-order valence-corrected chi connectivity index (χ1v) is 6.93. The van der Waals surface area contributed by atoms with Crippen molar-refractivity contribution in [3.05, 3.63) is 36.2 Å². The van der Waals surface area contributed by atoms with Crippen LogP contribution in [-0.4, -0.2) is 57.8 Å². The average Bonchev–Trinajstić information content (AvgIpc) is 2.53. The van der Waals surface area contributed by atoms with Crippen molar-refractivity contribution in [3.8, 4) is 0 Å². The lowest BCUT2D eigenvalue weighted by atomic mass is 10.1. The summed E-state index contributed by atoms with van der Waals surface area (Å²) in [6, 6.07) is 5.30. The standard InChI is InChI=1S/C15H17N3O3/c1-10-7-18(8-12(9-19)21-10)15(20)11-2-3-13-14(6-11)17-5-4-16-13/h2-6,10,12,19H,7-9H2,1H3. The molecule has 6 heteroatoms. The van der Waals surface area contributed by atoms with E-state index in [0.29, 0.717) is 24.2 Å². The third-order valence-electron chi connectivity index (χ3n) is 3.53. The number of carbonyl (C=O) groups is 1. The van der Waals surface area contributed by atoms with Gasteiger partial charge in [-0.15, -0.1) is 0 Å². The number of hydrogen-bond acceptors (Lipinski definition) is 5. The fourth-order valence-corrected chi connectivity index (χ4v) is 2.59. The molecule has 1 aliphatic rings. The van der Waals surface area contributed by atoms with Crippen molar-refractivity contribution in [2.45, 2.75) is 19.1 Å². The molecule has 1 aromatic carbocycles. The van der Waals surface area contributed by atoms with E-state index in [1.807, 2.05) is 6.92 Å². The van der Waals surface area contributed by atoms with E-state index in [0.717, 1.165) is 5.52 Å². The van der Waals surface area contributed by atoms with Crippen molar-refractivity contribution in [2.75, 3.05) is 19.7 Å². The Bertz CT molecular complexity index is 661. The van der Waals surface area contributed by atoms with Gasteiger partial charge in [-0.05, 0) is 25.1 Å². The van der Waals surface area contributed by atoms with Crippen LogP contribution < -0.4 is 0 Å². The number of ether oxygens (including phenoxy) is 1. The quantitative estimate of drug-likeness (QED) is 0.886. The number of aliphatic hydroxyl groups excluding tert-OH is 1. The number of carbonyl (C=O) groups excluding carboxylic acids is 1. The molecule has 1 N–H and O–H groups in total. The van der Waals surface area contributed by atoms with Crippen LogP contribution in [0.3, 0.4) is 0 Å². The first-order chi connectivity index (χ1) is 10.2. The predicted octanol–water partition coefficient (Wildman–Crippen LogP) is 0.852. The first kappa shape index (κ1) is 13.9. The molecule has 6 nitrogen and oxygen atoms in total. The summed E-state index contributed by atoms with van der Waals surface area (Å²) in [5, 5.41) is 9.24. The number of rotatable bonds is 2. The minimum absolute atomic E-state index is 0.0730. The first-order valence-electron chi connectivity index (χ1n) is 6.93. The monoisotopic (exact) mass is 287 g/mol. The van der Waals surface area contributed by atoms with E-state index in [9.17, 15) is 9.90 Å². The Hall–Kier alpha value is -2.05. The van der Waals surface area contributed by atoms with Gasteiger partial charge in [-0.25, -0.2) is 0 Å². The summed E-state index contributed by atoms with van der Waals surface area (Å²) < 4.78 is 5.56. The zero-order valence-electron chi connectivity index (χ0n) is 11.8. The van der Waals surface area contributed by atoms with Crippen molar-refractivity contribution in [1.29, 1.82) is 0 Å². The van der Waals surface area contributed by atoms with Crippen molar-refractivity contribution >= 4 is 16.9 Å². The minimum atomic E-state index is -0.321. The molecule has 1 aromatic heterocycles. The number of fused-ring (bicyclic) bond motifs is 1. The van der Waals surface area contributed by atoms with Crippen LogP contribution in [0.25, 0.3) is 11.0 Å². The Balaban J connectivity index is 1.85. The maximum Gasteiger partial charge on any atom is 0.254 e. The molecule has 2 unspecified atom stereocenters. The number of aliphatic hydroxyl groups is 1. The highest BCUT2D eigenvalue weighted by Crippen LogP contribution is 2.17. The van der Waals surface area contributed by atoms with E-state index in [-0.39, 0.29) is 24.7 Å².